The van der Waals surface area contributed by atoms with E-state index in [9.17, 15) is 0 Å². The van der Waals surface area contributed by atoms with Gasteiger partial charge in [0.1, 0.15) is 0 Å². The average Bonchev–Trinajstić information content (AvgIpc) is 2.57. The van der Waals surface area contributed by atoms with Crippen LogP contribution in [0.1, 0.15) is 25.8 Å². The molecule has 0 saturated carbocycles. The van der Waals surface area contributed by atoms with Gasteiger partial charge in [0.25, 0.3) is 0 Å². The predicted molar refractivity (Wildman–Crippen MR) is 64.7 cm³/mol. The van der Waals surface area contributed by atoms with Gasteiger partial charge in [0.2, 0.25) is 0 Å². The number of rotatable bonds is 3. The molecule has 1 saturated heterocycles. The van der Waals surface area contributed by atoms with Gasteiger partial charge in [-0.25, -0.2) is 0 Å². The minimum Gasteiger partial charge on any atom is -0.373 e. The normalized spacial score (nSPS) is 23.6. The molecule has 16 heavy (non-hydrogen) atoms. The van der Waals surface area contributed by atoms with Gasteiger partial charge in [-0.05, 0) is 25.5 Å². The van der Waals surface area contributed by atoms with Gasteiger partial charge in [-0.1, -0.05) is 29.8 Å². The largest absolute Gasteiger partial charge is 0.373 e. The summed E-state index contributed by atoms with van der Waals surface area (Å²) in [5.74, 6) is 0. The van der Waals surface area contributed by atoms with Gasteiger partial charge in [-0.3, -0.25) is 0 Å². The third-order valence-corrected chi connectivity index (χ3v) is 3.18. The number of benzene rings is 1. The molecular weight excluding hydrogens is 224 g/mol. The van der Waals surface area contributed by atoms with Crippen molar-refractivity contribution in [2.24, 2.45) is 0 Å². The number of halogens is 1. The molecule has 1 fully saturated rings. The molecule has 0 N–H and O–H groups in total. The van der Waals surface area contributed by atoms with Gasteiger partial charge in [0.15, 0.2) is 0 Å². The Morgan fingerprint density at radius 1 is 1.44 bits per heavy atom. The van der Waals surface area contributed by atoms with Crippen LogP contribution < -0.4 is 0 Å². The highest BCUT2D eigenvalue weighted by Gasteiger charge is 2.32. The van der Waals surface area contributed by atoms with Crippen molar-refractivity contribution in [3.05, 3.63) is 34.9 Å². The summed E-state index contributed by atoms with van der Waals surface area (Å²) >= 11 is 6.05. The van der Waals surface area contributed by atoms with Crippen LogP contribution in [-0.2, 0) is 16.1 Å². The van der Waals surface area contributed by atoms with Crippen molar-refractivity contribution in [2.45, 2.75) is 38.6 Å². The van der Waals surface area contributed by atoms with Gasteiger partial charge < -0.3 is 9.47 Å². The van der Waals surface area contributed by atoms with Crippen LogP contribution in [0.4, 0.5) is 0 Å². The van der Waals surface area contributed by atoms with Crippen LogP contribution in [0.25, 0.3) is 0 Å². The second-order valence-electron chi connectivity index (χ2n) is 4.80. The zero-order chi connectivity index (χ0) is 11.6. The van der Waals surface area contributed by atoms with Gasteiger partial charge in [0, 0.05) is 11.4 Å². The van der Waals surface area contributed by atoms with Crippen molar-refractivity contribution in [2.75, 3.05) is 6.61 Å². The van der Waals surface area contributed by atoms with Gasteiger partial charge >= 0.3 is 0 Å². The molecule has 0 aromatic heterocycles. The van der Waals surface area contributed by atoms with Gasteiger partial charge in [0.05, 0.1) is 24.9 Å². The van der Waals surface area contributed by atoms with Gasteiger partial charge in [-0.2, -0.15) is 0 Å². The highest BCUT2D eigenvalue weighted by molar-refractivity contribution is 6.31. The molecule has 1 aliphatic heterocycles. The fraction of sp³-hybridized carbons (Fsp3) is 0.538. The topological polar surface area (TPSA) is 18.5 Å². The summed E-state index contributed by atoms with van der Waals surface area (Å²) in [6.07, 6.45) is 1.13. The Bertz CT molecular complexity index is 363. The average molecular weight is 241 g/mol. The molecule has 0 amide bonds. The molecule has 1 aromatic carbocycles. The molecule has 3 heteroatoms. The van der Waals surface area contributed by atoms with E-state index in [2.05, 4.69) is 13.8 Å². The highest BCUT2D eigenvalue weighted by Crippen LogP contribution is 2.27. The van der Waals surface area contributed by atoms with E-state index in [4.69, 9.17) is 21.1 Å². The van der Waals surface area contributed by atoms with Gasteiger partial charge in [-0.15, -0.1) is 0 Å². The van der Waals surface area contributed by atoms with E-state index < -0.39 is 0 Å². The van der Waals surface area contributed by atoms with Crippen LogP contribution in [0.3, 0.4) is 0 Å². The van der Waals surface area contributed by atoms with Crippen LogP contribution in [0.2, 0.25) is 5.02 Å². The van der Waals surface area contributed by atoms with E-state index in [0.717, 1.165) is 17.0 Å². The maximum Gasteiger partial charge on any atom is 0.0840 e. The summed E-state index contributed by atoms with van der Waals surface area (Å²) in [5.41, 5.74) is 0.986. The van der Waals surface area contributed by atoms with Crippen molar-refractivity contribution in [3.8, 4) is 0 Å². The zero-order valence-corrected chi connectivity index (χ0v) is 10.5. The molecule has 88 valence electrons. The van der Waals surface area contributed by atoms with Crippen LogP contribution in [0.5, 0.6) is 0 Å². The lowest BCUT2D eigenvalue weighted by atomic mass is 10.0. The second kappa shape index (κ2) is 4.74. The lowest BCUT2D eigenvalue weighted by Gasteiger charge is -2.15. The van der Waals surface area contributed by atoms with E-state index in [1.54, 1.807) is 0 Å². The molecule has 1 unspecified atom stereocenters. The summed E-state index contributed by atoms with van der Waals surface area (Å²) in [6.45, 7) is 5.42. The first-order valence-corrected chi connectivity index (χ1v) is 5.94. The first kappa shape index (κ1) is 11.9. The highest BCUT2D eigenvalue weighted by atomic mass is 35.5. The summed E-state index contributed by atoms with van der Waals surface area (Å²) in [7, 11) is 0. The van der Waals surface area contributed by atoms with Crippen LogP contribution in [0, 0.1) is 0 Å². The summed E-state index contributed by atoms with van der Waals surface area (Å²) < 4.78 is 11.4. The van der Waals surface area contributed by atoms with Crippen LogP contribution in [0.15, 0.2) is 24.3 Å². The fourth-order valence-corrected chi connectivity index (χ4v) is 2.11. The van der Waals surface area contributed by atoms with E-state index >= 15 is 0 Å². The number of ether oxygens (including phenoxy) is 2. The third-order valence-electron chi connectivity index (χ3n) is 2.81. The van der Waals surface area contributed by atoms with Crippen molar-refractivity contribution >= 4 is 11.6 Å². The molecule has 2 nitrogen and oxygen atoms in total. The molecule has 0 bridgehead atoms. The second-order valence-corrected chi connectivity index (χ2v) is 5.21. The first-order valence-electron chi connectivity index (χ1n) is 5.56. The molecule has 1 heterocycles. The van der Waals surface area contributed by atoms with E-state index in [1.807, 2.05) is 24.3 Å². The van der Waals surface area contributed by atoms with Crippen LogP contribution >= 0.6 is 11.6 Å². The maximum atomic E-state index is 6.05. The monoisotopic (exact) mass is 240 g/mol. The molecule has 1 atom stereocenters. The molecule has 0 radical (unpaired) electrons. The van der Waals surface area contributed by atoms with E-state index in [0.29, 0.717) is 13.2 Å². The summed E-state index contributed by atoms with van der Waals surface area (Å²) in [4.78, 5) is 0. The number of hydrogen-bond donors (Lipinski definition) is 0. The van der Waals surface area contributed by atoms with Crippen molar-refractivity contribution in [3.63, 3.8) is 0 Å². The standard InChI is InChI=1S/C13H17ClO2/c1-13(2)7-11(9-16-13)15-8-10-5-3-4-6-12(10)14/h3-6,11H,7-9H2,1-2H3. The minimum absolute atomic E-state index is 0.0504. The van der Waals surface area contributed by atoms with E-state index in [-0.39, 0.29) is 11.7 Å². The lowest BCUT2D eigenvalue weighted by molar-refractivity contribution is 0.0122. The zero-order valence-electron chi connectivity index (χ0n) is 9.70. The molecular formula is C13H17ClO2. The predicted octanol–water partition coefficient (Wildman–Crippen LogP) is 3.42. The Morgan fingerprint density at radius 3 is 2.81 bits per heavy atom. The number of hydrogen-bond acceptors (Lipinski definition) is 2. The van der Waals surface area contributed by atoms with Crippen molar-refractivity contribution in [1.29, 1.82) is 0 Å². The van der Waals surface area contributed by atoms with E-state index in [1.165, 1.54) is 0 Å². The Labute approximate surface area is 102 Å². The SMILES string of the molecule is CC1(C)CC(OCc2ccccc2Cl)CO1. The third kappa shape index (κ3) is 2.97. The Kier molecular flexibility index (Phi) is 3.53. The minimum atomic E-state index is -0.0504. The summed E-state index contributed by atoms with van der Waals surface area (Å²) in [6, 6.07) is 7.77. The lowest BCUT2D eigenvalue weighted by Crippen LogP contribution is -2.18. The molecule has 0 spiro atoms. The smallest absolute Gasteiger partial charge is 0.0840 e. The maximum absolute atomic E-state index is 6.05. The Hall–Kier alpha value is -0.570. The molecule has 1 aromatic rings. The Morgan fingerprint density at radius 2 is 2.19 bits per heavy atom. The summed E-state index contributed by atoms with van der Waals surface area (Å²) in [5, 5.41) is 0.765. The quantitative estimate of drug-likeness (QED) is 0.806. The Balaban J connectivity index is 1.87. The van der Waals surface area contributed by atoms with Crippen LogP contribution in [-0.4, -0.2) is 18.3 Å². The van der Waals surface area contributed by atoms with Crippen molar-refractivity contribution in [1.82, 2.24) is 0 Å². The first-order chi connectivity index (χ1) is 7.57. The van der Waals surface area contributed by atoms with Crippen molar-refractivity contribution < 1.29 is 9.47 Å². The fourth-order valence-electron chi connectivity index (χ4n) is 1.91. The molecule has 1 aliphatic rings. The molecule has 2 rings (SSSR count). The molecule has 0 aliphatic carbocycles.